The summed E-state index contributed by atoms with van der Waals surface area (Å²) in [7, 11) is 0. The molecule has 1 aromatic rings. The van der Waals surface area contributed by atoms with Crippen molar-refractivity contribution in [2.75, 3.05) is 0 Å². The van der Waals surface area contributed by atoms with Gasteiger partial charge < -0.3 is 4.74 Å². The first-order valence-electron chi connectivity index (χ1n) is 6.13. The first kappa shape index (κ1) is 11.4. The summed E-state index contributed by atoms with van der Waals surface area (Å²) in [4.78, 5) is 0. The second-order valence-electron chi connectivity index (χ2n) is 4.73. The van der Waals surface area contributed by atoms with Crippen LogP contribution in [0.3, 0.4) is 0 Å². The minimum Gasteiger partial charge on any atom is -0.360 e. The van der Waals surface area contributed by atoms with Crippen LogP contribution >= 0.6 is 0 Å². The summed E-state index contributed by atoms with van der Waals surface area (Å²) < 4.78 is 5.79. The molecule has 0 radical (unpaired) electrons. The molecule has 1 nitrogen and oxygen atoms in total. The van der Waals surface area contributed by atoms with Crippen molar-refractivity contribution in [3.05, 3.63) is 47.5 Å². The maximum atomic E-state index is 5.79. The van der Waals surface area contributed by atoms with Crippen LogP contribution in [-0.2, 0) is 4.74 Å². The third kappa shape index (κ3) is 2.53. The molecule has 1 heterocycles. The van der Waals surface area contributed by atoms with Gasteiger partial charge in [-0.1, -0.05) is 57.2 Å². The molecule has 1 fully saturated rings. The van der Waals surface area contributed by atoms with Crippen molar-refractivity contribution < 1.29 is 4.74 Å². The predicted octanol–water partition coefficient (Wildman–Crippen LogP) is 4.12. The highest BCUT2D eigenvalue weighted by atomic mass is 16.6. The summed E-state index contributed by atoms with van der Waals surface area (Å²) in [5.41, 5.74) is 2.75. The fourth-order valence-corrected chi connectivity index (χ4v) is 2.13. The van der Waals surface area contributed by atoms with Crippen molar-refractivity contribution >= 4 is 0 Å². The van der Waals surface area contributed by atoms with E-state index in [1.165, 1.54) is 11.1 Å². The Hall–Kier alpha value is -1.08. The largest absolute Gasteiger partial charge is 0.360 e. The summed E-state index contributed by atoms with van der Waals surface area (Å²) in [5.74, 6) is 0.607. The van der Waals surface area contributed by atoms with Gasteiger partial charge in [-0.15, -0.1) is 0 Å². The third-order valence-electron chi connectivity index (χ3n) is 2.94. The summed E-state index contributed by atoms with van der Waals surface area (Å²) in [5, 5.41) is 0. The van der Waals surface area contributed by atoms with Crippen LogP contribution in [0.1, 0.15) is 38.9 Å². The molecular weight excluding hydrogens is 196 g/mol. The maximum absolute atomic E-state index is 5.79. The van der Waals surface area contributed by atoms with Crippen molar-refractivity contribution in [3.8, 4) is 0 Å². The summed E-state index contributed by atoms with van der Waals surface area (Å²) in [6.07, 6.45) is 4.06. The Balaban J connectivity index is 2.06. The van der Waals surface area contributed by atoms with Crippen LogP contribution in [0.5, 0.6) is 0 Å². The molecular formula is C15H20O. The zero-order valence-electron chi connectivity index (χ0n) is 10.3. The topological polar surface area (TPSA) is 12.5 Å². The van der Waals surface area contributed by atoms with Crippen LogP contribution in [-0.4, -0.2) is 6.10 Å². The summed E-state index contributed by atoms with van der Waals surface area (Å²) >= 11 is 0. The van der Waals surface area contributed by atoms with E-state index in [0.717, 1.165) is 6.42 Å². The lowest BCUT2D eigenvalue weighted by Crippen LogP contribution is -1.96. The van der Waals surface area contributed by atoms with Gasteiger partial charge in [0.05, 0.1) is 0 Å². The molecule has 1 aromatic carbocycles. The minimum atomic E-state index is 0.297. The second-order valence-corrected chi connectivity index (χ2v) is 4.73. The van der Waals surface area contributed by atoms with Gasteiger partial charge in [0.1, 0.15) is 12.2 Å². The molecule has 0 bridgehead atoms. The van der Waals surface area contributed by atoms with E-state index in [9.17, 15) is 0 Å². The van der Waals surface area contributed by atoms with Crippen LogP contribution < -0.4 is 0 Å². The van der Waals surface area contributed by atoms with Gasteiger partial charge >= 0.3 is 0 Å². The average Bonchev–Trinajstić information content (AvgIpc) is 3.07. The van der Waals surface area contributed by atoms with E-state index in [2.05, 4.69) is 51.1 Å². The highest BCUT2D eigenvalue weighted by Gasteiger charge is 2.41. The smallest absolute Gasteiger partial charge is 0.113 e. The van der Waals surface area contributed by atoms with Crippen LogP contribution in [0.4, 0.5) is 0 Å². The number of ether oxygens (including phenoxy) is 1. The van der Waals surface area contributed by atoms with E-state index in [-0.39, 0.29) is 0 Å². The number of hydrogen-bond donors (Lipinski definition) is 0. The standard InChI is InChI=1S/C15H20O/c1-4-12(10-11(2)3)14-15(16-14)13-8-6-5-7-9-13/h5-11,14-15H,4H2,1-3H3. The normalized spacial score (nSPS) is 24.9. The van der Waals surface area contributed by atoms with Gasteiger partial charge in [0.2, 0.25) is 0 Å². The van der Waals surface area contributed by atoms with E-state index in [1.54, 1.807) is 0 Å². The Morgan fingerprint density at radius 1 is 1.31 bits per heavy atom. The number of epoxide rings is 1. The Morgan fingerprint density at radius 3 is 2.56 bits per heavy atom. The van der Waals surface area contributed by atoms with Gasteiger partial charge in [-0.3, -0.25) is 0 Å². The Bertz CT molecular complexity index is 364. The highest BCUT2D eigenvalue weighted by Crippen LogP contribution is 2.44. The number of rotatable bonds is 4. The van der Waals surface area contributed by atoms with Crippen molar-refractivity contribution in [2.24, 2.45) is 5.92 Å². The molecule has 1 heteroatoms. The molecule has 86 valence electrons. The second kappa shape index (κ2) is 4.84. The molecule has 0 aliphatic carbocycles. The average molecular weight is 216 g/mol. The van der Waals surface area contributed by atoms with Gasteiger partial charge in [0, 0.05) is 0 Å². The van der Waals surface area contributed by atoms with E-state index in [4.69, 9.17) is 4.74 Å². The predicted molar refractivity (Wildman–Crippen MR) is 67.3 cm³/mol. The molecule has 0 spiro atoms. The zero-order valence-corrected chi connectivity index (χ0v) is 10.3. The van der Waals surface area contributed by atoms with Gasteiger partial charge in [-0.25, -0.2) is 0 Å². The van der Waals surface area contributed by atoms with E-state index in [1.807, 2.05) is 6.07 Å². The lowest BCUT2D eigenvalue weighted by Gasteiger charge is -2.03. The zero-order chi connectivity index (χ0) is 11.5. The first-order chi connectivity index (χ1) is 7.72. The lowest BCUT2D eigenvalue weighted by atomic mass is 10.00. The Kier molecular flexibility index (Phi) is 3.45. The monoisotopic (exact) mass is 216 g/mol. The van der Waals surface area contributed by atoms with E-state index in [0.29, 0.717) is 18.1 Å². The molecule has 1 aliphatic heterocycles. The van der Waals surface area contributed by atoms with Crippen LogP contribution in [0.2, 0.25) is 0 Å². The first-order valence-corrected chi connectivity index (χ1v) is 6.13. The number of hydrogen-bond acceptors (Lipinski definition) is 1. The highest BCUT2D eigenvalue weighted by molar-refractivity contribution is 5.28. The van der Waals surface area contributed by atoms with Gasteiger partial charge in [0.15, 0.2) is 0 Å². The minimum absolute atomic E-state index is 0.297. The molecule has 2 rings (SSSR count). The van der Waals surface area contributed by atoms with Gasteiger partial charge in [-0.05, 0) is 23.5 Å². The quantitative estimate of drug-likeness (QED) is 0.545. The Labute approximate surface area is 98.1 Å². The van der Waals surface area contributed by atoms with E-state index < -0.39 is 0 Å². The van der Waals surface area contributed by atoms with Crippen molar-refractivity contribution in [1.29, 1.82) is 0 Å². The van der Waals surface area contributed by atoms with E-state index >= 15 is 0 Å². The SMILES string of the molecule is CCC(=CC(C)C)C1OC1c1ccccc1. The lowest BCUT2D eigenvalue weighted by molar-refractivity contribution is 0.386. The molecule has 1 saturated heterocycles. The van der Waals surface area contributed by atoms with Gasteiger partial charge in [-0.2, -0.15) is 0 Å². The number of allylic oxidation sites excluding steroid dienone is 1. The van der Waals surface area contributed by atoms with Crippen molar-refractivity contribution in [2.45, 2.75) is 39.4 Å². The molecule has 16 heavy (non-hydrogen) atoms. The molecule has 0 N–H and O–H groups in total. The molecule has 0 amide bonds. The molecule has 0 aromatic heterocycles. The molecule has 2 unspecified atom stereocenters. The molecule has 2 atom stereocenters. The third-order valence-corrected chi connectivity index (χ3v) is 2.94. The van der Waals surface area contributed by atoms with Crippen LogP contribution in [0.25, 0.3) is 0 Å². The molecule has 0 saturated carbocycles. The fourth-order valence-electron chi connectivity index (χ4n) is 2.13. The summed E-state index contributed by atoms with van der Waals surface area (Å²) in [6.45, 7) is 6.64. The molecule has 1 aliphatic rings. The Morgan fingerprint density at radius 2 is 2.00 bits per heavy atom. The fraction of sp³-hybridized carbons (Fsp3) is 0.467. The maximum Gasteiger partial charge on any atom is 0.113 e. The van der Waals surface area contributed by atoms with Crippen molar-refractivity contribution in [3.63, 3.8) is 0 Å². The number of benzene rings is 1. The van der Waals surface area contributed by atoms with Crippen molar-refractivity contribution in [1.82, 2.24) is 0 Å². The van der Waals surface area contributed by atoms with Crippen LogP contribution in [0.15, 0.2) is 42.0 Å². The van der Waals surface area contributed by atoms with Crippen LogP contribution in [0, 0.1) is 5.92 Å². The van der Waals surface area contributed by atoms with Gasteiger partial charge in [0.25, 0.3) is 0 Å². The summed E-state index contributed by atoms with van der Waals surface area (Å²) in [6, 6.07) is 10.5.